The third-order valence-electron chi connectivity index (χ3n) is 7.42. The van der Waals surface area contributed by atoms with Gasteiger partial charge in [-0.1, -0.05) is 89.1 Å². The maximum atomic E-state index is 14.3. The molecule has 0 bridgehead atoms. The lowest BCUT2D eigenvalue weighted by Crippen LogP contribution is -2.40. The van der Waals surface area contributed by atoms with Gasteiger partial charge in [0.05, 0.1) is 35.1 Å². The minimum absolute atomic E-state index is 0.164. The van der Waals surface area contributed by atoms with Crippen LogP contribution in [-0.2, 0) is 16.1 Å². The maximum absolute atomic E-state index is 14.3. The molecule has 0 amide bonds. The first kappa shape index (κ1) is 32.3. The molecule has 10 heteroatoms. The molecule has 4 aromatic carbocycles. The summed E-state index contributed by atoms with van der Waals surface area (Å²) in [7, 11) is 0. The van der Waals surface area contributed by atoms with Crippen molar-refractivity contribution in [3.05, 3.63) is 155 Å². The zero-order valence-electron chi connectivity index (χ0n) is 25.6. The van der Waals surface area contributed by atoms with Crippen LogP contribution in [0.15, 0.2) is 112 Å². The molecule has 0 radical (unpaired) electrons. The Hall–Kier alpha value is -4.63. The molecule has 6 rings (SSSR count). The molecule has 0 unspecified atom stereocenters. The van der Waals surface area contributed by atoms with E-state index in [0.717, 1.165) is 11.1 Å². The van der Waals surface area contributed by atoms with Gasteiger partial charge in [0.15, 0.2) is 4.80 Å². The molecule has 1 aliphatic rings. The highest BCUT2D eigenvalue weighted by Crippen LogP contribution is 2.36. The largest absolute Gasteiger partial charge is 0.494 e. The Kier molecular flexibility index (Phi) is 9.92. The van der Waals surface area contributed by atoms with Crippen molar-refractivity contribution >= 4 is 52.3 Å². The Labute approximate surface area is 285 Å². The third-order valence-corrected chi connectivity index (χ3v) is 8.88. The lowest BCUT2D eigenvalue weighted by molar-refractivity contribution is -0.138. The van der Waals surface area contributed by atoms with E-state index >= 15 is 0 Å². The van der Waals surface area contributed by atoms with E-state index in [4.69, 9.17) is 42.4 Å². The molecule has 0 spiro atoms. The van der Waals surface area contributed by atoms with Gasteiger partial charge >= 0.3 is 5.97 Å². The minimum atomic E-state index is -0.809. The molecule has 1 atom stereocenters. The van der Waals surface area contributed by atoms with Crippen molar-refractivity contribution in [2.75, 3.05) is 13.2 Å². The number of fused-ring (bicyclic) bond motifs is 1. The number of carbonyl (C=O) groups is 1. The minimum Gasteiger partial charge on any atom is -0.494 e. The molecule has 0 N–H and O–H groups in total. The monoisotopic (exact) mass is 684 g/mol. The quantitative estimate of drug-likeness (QED) is 0.145. The number of halogens is 2. The summed E-state index contributed by atoms with van der Waals surface area (Å²) in [5.41, 5.74) is 3.36. The van der Waals surface area contributed by atoms with E-state index < -0.39 is 12.0 Å². The van der Waals surface area contributed by atoms with Gasteiger partial charge in [0.25, 0.3) is 5.56 Å². The summed E-state index contributed by atoms with van der Waals surface area (Å²) >= 11 is 13.8. The molecule has 5 aromatic rings. The fraction of sp³-hybridized carbons (Fsp3) is 0.162. The molecule has 0 saturated carbocycles. The van der Waals surface area contributed by atoms with Crippen LogP contribution in [0.25, 0.3) is 11.8 Å². The lowest BCUT2D eigenvalue weighted by Gasteiger charge is -2.26. The van der Waals surface area contributed by atoms with E-state index in [2.05, 4.69) is 0 Å². The van der Waals surface area contributed by atoms with Gasteiger partial charge in [-0.25, -0.2) is 9.79 Å². The summed E-state index contributed by atoms with van der Waals surface area (Å²) in [6, 6.07) is 28.7. The van der Waals surface area contributed by atoms with Gasteiger partial charge in [-0.15, -0.1) is 0 Å². The second kappa shape index (κ2) is 14.4. The Morgan fingerprint density at radius 2 is 1.66 bits per heavy atom. The van der Waals surface area contributed by atoms with Crippen LogP contribution in [0.1, 0.15) is 42.1 Å². The molecule has 1 aromatic heterocycles. The van der Waals surface area contributed by atoms with Gasteiger partial charge in [0, 0.05) is 21.2 Å². The average Bonchev–Trinajstić information content (AvgIpc) is 3.38. The van der Waals surface area contributed by atoms with Crippen molar-refractivity contribution in [1.82, 2.24) is 4.57 Å². The van der Waals surface area contributed by atoms with Crippen molar-refractivity contribution in [1.29, 1.82) is 0 Å². The fourth-order valence-corrected chi connectivity index (χ4v) is 6.75. The molecule has 0 fully saturated rings. The van der Waals surface area contributed by atoms with Crippen molar-refractivity contribution in [2.45, 2.75) is 26.5 Å². The number of rotatable bonds is 10. The van der Waals surface area contributed by atoms with Gasteiger partial charge < -0.3 is 14.2 Å². The second-order valence-corrected chi connectivity index (χ2v) is 12.4. The maximum Gasteiger partial charge on any atom is 0.338 e. The normalized spacial score (nSPS) is 14.4. The van der Waals surface area contributed by atoms with Crippen LogP contribution in [0, 0.1) is 0 Å². The van der Waals surface area contributed by atoms with E-state index in [-0.39, 0.29) is 24.3 Å². The van der Waals surface area contributed by atoms with Crippen LogP contribution in [0.2, 0.25) is 10.0 Å². The number of thiazole rings is 1. The summed E-state index contributed by atoms with van der Waals surface area (Å²) in [5.74, 6) is 0.676. The number of aromatic nitrogens is 1. The Morgan fingerprint density at radius 1 is 0.894 bits per heavy atom. The van der Waals surface area contributed by atoms with Crippen LogP contribution in [0.3, 0.4) is 0 Å². The van der Waals surface area contributed by atoms with Crippen LogP contribution in [0.5, 0.6) is 11.5 Å². The first-order chi connectivity index (χ1) is 22.9. The summed E-state index contributed by atoms with van der Waals surface area (Å²) in [6.07, 6.45) is 1.74. The number of benzene rings is 4. The van der Waals surface area contributed by atoms with E-state index in [1.165, 1.54) is 11.3 Å². The van der Waals surface area contributed by atoms with E-state index in [9.17, 15) is 9.59 Å². The summed E-state index contributed by atoms with van der Waals surface area (Å²) in [5, 5.41) is 1.10. The average molecular weight is 686 g/mol. The molecular weight excluding hydrogens is 655 g/mol. The number of hydrogen-bond donors (Lipinski definition) is 0. The zero-order chi connectivity index (χ0) is 32.9. The highest BCUT2D eigenvalue weighted by Gasteiger charge is 2.35. The lowest BCUT2D eigenvalue weighted by atomic mass is 9.93. The van der Waals surface area contributed by atoms with Gasteiger partial charge in [0.1, 0.15) is 18.1 Å². The van der Waals surface area contributed by atoms with Crippen molar-refractivity contribution in [3.8, 4) is 11.5 Å². The van der Waals surface area contributed by atoms with E-state index in [0.29, 0.717) is 54.3 Å². The van der Waals surface area contributed by atoms with Gasteiger partial charge in [-0.2, -0.15) is 0 Å². The molecule has 7 nitrogen and oxygen atoms in total. The predicted octanol–water partition coefficient (Wildman–Crippen LogP) is 7.22. The Morgan fingerprint density at radius 3 is 2.38 bits per heavy atom. The first-order valence-electron chi connectivity index (χ1n) is 15.0. The molecule has 0 aliphatic carbocycles. The van der Waals surface area contributed by atoms with Crippen molar-refractivity contribution in [2.24, 2.45) is 4.99 Å². The van der Waals surface area contributed by atoms with E-state index in [1.807, 2.05) is 79.7 Å². The molecule has 238 valence electrons. The van der Waals surface area contributed by atoms with Gasteiger partial charge in [-0.3, -0.25) is 9.36 Å². The Bertz CT molecular complexity index is 2140. The summed E-state index contributed by atoms with van der Waals surface area (Å²) in [6.45, 7) is 4.60. The SMILES string of the molecule is CCOC(=O)C1=C(c2ccccc2)N=c2s/c(=C\c3cc(Cl)ccc3OCc3cccc(Cl)c3)c(=O)n2[C@H]1c1ccc(OCC)cc1. The van der Waals surface area contributed by atoms with Crippen LogP contribution >= 0.6 is 34.5 Å². The summed E-state index contributed by atoms with van der Waals surface area (Å²) in [4.78, 5) is 33.4. The van der Waals surface area contributed by atoms with Crippen LogP contribution in [-0.4, -0.2) is 23.8 Å². The highest BCUT2D eigenvalue weighted by molar-refractivity contribution is 7.07. The van der Waals surface area contributed by atoms with Gasteiger partial charge in [0.2, 0.25) is 0 Å². The highest BCUT2D eigenvalue weighted by atomic mass is 35.5. The molecule has 0 saturated heterocycles. The Balaban J connectivity index is 1.53. The second-order valence-electron chi connectivity index (χ2n) is 10.5. The number of esters is 1. The van der Waals surface area contributed by atoms with Crippen LogP contribution in [0.4, 0.5) is 0 Å². The smallest absolute Gasteiger partial charge is 0.338 e. The number of hydrogen-bond acceptors (Lipinski definition) is 7. The van der Waals surface area contributed by atoms with E-state index in [1.54, 1.807) is 41.8 Å². The zero-order valence-corrected chi connectivity index (χ0v) is 27.9. The molecule has 47 heavy (non-hydrogen) atoms. The number of ether oxygens (including phenoxy) is 3. The van der Waals surface area contributed by atoms with Gasteiger partial charge in [-0.05, 0) is 73.5 Å². The number of carbonyl (C=O) groups excluding carboxylic acids is 1. The predicted molar refractivity (Wildman–Crippen MR) is 186 cm³/mol. The molecular formula is C37H30Cl2N2O5S. The van der Waals surface area contributed by atoms with Crippen molar-refractivity contribution in [3.63, 3.8) is 0 Å². The van der Waals surface area contributed by atoms with Crippen LogP contribution < -0.4 is 24.4 Å². The third kappa shape index (κ3) is 7.05. The topological polar surface area (TPSA) is 79.1 Å². The number of nitrogens with zero attached hydrogens (tertiary/aromatic N) is 2. The fourth-order valence-electron chi connectivity index (χ4n) is 5.36. The first-order valence-corrected chi connectivity index (χ1v) is 16.6. The summed E-state index contributed by atoms with van der Waals surface area (Å²) < 4.78 is 19.3. The standard InChI is InChI=1S/C37H30Cl2N2O5S/c1-3-44-29-16-13-25(14-17-29)34-32(36(43)45-4-2)33(24-10-6-5-7-11-24)40-37-41(34)35(42)31(47-37)21-26-20-28(39)15-18-30(26)46-22-23-9-8-12-27(38)19-23/h5-21,34H,3-4,22H2,1-2H3/b31-21-/t34-/m0/s1. The van der Waals surface area contributed by atoms with Crippen molar-refractivity contribution < 1.29 is 19.0 Å². The molecule has 1 aliphatic heterocycles. The molecule has 2 heterocycles.